The first-order chi connectivity index (χ1) is 9.06. The molecule has 0 fully saturated rings. The minimum atomic E-state index is -1.05. The summed E-state index contributed by atoms with van der Waals surface area (Å²) in [6.45, 7) is 0. The average molecular weight is 299 g/mol. The Morgan fingerprint density at radius 1 is 1.47 bits per heavy atom. The number of carbonyl (C=O) groups is 1. The van der Waals surface area contributed by atoms with Crippen molar-refractivity contribution in [1.82, 2.24) is 10.2 Å². The number of H-pyrrole nitrogens is 1. The molecule has 1 heterocycles. The second-order valence-corrected chi connectivity index (χ2v) is 4.92. The molecule has 0 atom stereocenters. The third-order valence-electron chi connectivity index (χ3n) is 2.54. The van der Waals surface area contributed by atoms with Crippen molar-refractivity contribution in [2.45, 2.75) is 4.90 Å². The van der Waals surface area contributed by atoms with Gasteiger partial charge in [-0.15, -0.1) is 11.8 Å². The third-order valence-corrected chi connectivity index (χ3v) is 3.56. The Morgan fingerprint density at radius 3 is 2.74 bits per heavy atom. The van der Waals surface area contributed by atoms with E-state index in [4.69, 9.17) is 21.4 Å². The molecule has 2 aromatic rings. The number of thioether (sulfide) groups is 1. The van der Waals surface area contributed by atoms with Crippen LogP contribution in [0.2, 0.25) is 5.02 Å². The molecule has 5 nitrogen and oxygen atoms in total. The third kappa shape index (κ3) is 2.69. The summed E-state index contributed by atoms with van der Waals surface area (Å²) in [6.07, 6.45) is 1.91. The van der Waals surface area contributed by atoms with Crippen LogP contribution in [0, 0.1) is 0 Å². The van der Waals surface area contributed by atoms with Crippen LogP contribution in [0.25, 0.3) is 11.3 Å². The molecule has 2 N–H and O–H groups in total. The number of halogens is 1. The van der Waals surface area contributed by atoms with Gasteiger partial charge in [-0.25, -0.2) is 4.79 Å². The normalized spacial score (nSPS) is 10.5. The number of hydrogen-bond acceptors (Lipinski definition) is 4. The van der Waals surface area contributed by atoms with Crippen LogP contribution in [0.4, 0.5) is 0 Å². The summed E-state index contributed by atoms with van der Waals surface area (Å²) in [5, 5.41) is 15.7. The number of benzene rings is 1. The fraction of sp³-hybridized carbons (Fsp3) is 0.167. The average Bonchev–Trinajstić information content (AvgIpc) is 2.87. The Bertz CT molecular complexity index is 627. The number of aromatic nitrogens is 2. The largest absolute Gasteiger partial charge is 0.494 e. The Hall–Kier alpha value is -1.66. The summed E-state index contributed by atoms with van der Waals surface area (Å²) >= 11 is 7.63. The molecule has 0 aliphatic carbocycles. The molecule has 1 aromatic carbocycles. The standard InChI is InChI=1S/C12H11ClN2O3S/c1-18-11-7(13)3-6(4-10(11)19-2)8-5-9(12(16)17)15-14-8/h3-5H,1-2H3,(H,14,15)(H,16,17). The molecule has 7 heteroatoms. The van der Waals surface area contributed by atoms with E-state index >= 15 is 0 Å². The van der Waals surface area contributed by atoms with E-state index in [2.05, 4.69) is 10.2 Å². The van der Waals surface area contributed by atoms with Gasteiger partial charge in [0, 0.05) is 5.56 Å². The first-order valence-electron chi connectivity index (χ1n) is 5.27. The Kier molecular flexibility index (Phi) is 4.01. The van der Waals surface area contributed by atoms with Gasteiger partial charge in [0.05, 0.1) is 22.7 Å². The Morgan fingerprint density at radius 2 is 2.21 bits per heavy atom. The summed E-state index contributed by atoms with van der Waals surface area (Å²) in [7, 11) is 1.55. The van der Waals surface area contributed by atoms with Gasteiger partial charge >= 0.3 is 5.97 Å². The van der Waals surface area contributed by atoms with Crippen molar-refractivity contribution >= 4 is 29.3 Å². The first-order valence-corrected chi connectivity index (χ1v) is 6.87. The topological polar surface area (TPSA) is 75.2 Å². The van der Waals surface area contributed by atoms with Crippen molar-refractivity contribution in [2.75, 3.05) is 13.4 Å². The number of methoxy groups -OCH3 is 1. The summed E-state index contributed by atoms with van der Waals surface area (Å²) in [4.78, 5) is 11.7. The maximum Gasteiger partial charge on any atom is 0.353 e. The van der Waals surface area contributed by atoms with E-state index in [0.717, 1.165) is 10.5 Å². The number of ether oxygens (including phenoxy) is 1. The zero-order valence-corrected chi connectivity index (χ0v) is 11.8. The zero-order chi connectivity index (χ0) is 14.0. The van der Waals surface area contributed by atoms with Crippen LogP contribution < -0.4 is 4.74 Å². The predicted molar refractivity (Wildman–Crippen MR) is 74.3 cm³/mol. The number of aromatic carboxylic acids is 1. The van der Waals surface area contributed by atoms with Crippen LogP contribution in [-0.4, -0.2) is 34.6 Å². The van der Waals surface area contributed by atoms with Crippen LogP contribution in [0.5, 0.6) is 5.75 Å². The van der Waals surface area contributed by atoms with Gasteiger partial charge in [0.2, 0.25) is 0 Å². The molecule has 0 radical (unpaired) electrons. The van der Waals surface area contributed by atoms with Crippen molar-refractivity contribution in [3.05, 3.63) is 28.9 Å². The summed E-state index contributed by atoms with van der Waals surface area (Å²) in [5.74, 6) is -0.449. The highest BCUT2D eigenvalue weighted by atomic mass is 35.5. The molecule has 0 aliphatic rings. The van der Waals surface area contributed by atoms with Crippen LogP contribution in [0.15, 0.2) is 23.1 Å². The second-order valence-electron chi connectivity index (χ2n) is 3.67. The van der Waals surface area contributed by atoms with Crippen LogP contribution in [0.1, 0.15) is 10.5 Å². The minimum absolute atomic E-state index is 0.0349. The highest BCUT2D eigenvalue weighted by Gasteiger charge is 2.14. The molecule has 0 bridgehead atoms. The van der Waals surface area contributed by atoms with Crippen molar-refractivity contribution in [2.24, 2.45) is 0 Å². The number of nitrogens with zero attached hydrogens (tertiary/aromatic N) is 1. The summed E-state index contributed by atoms with van der Waals surface area (Å²) in [6, 6.07) is 5.02. The minimum Gasteiger partial charge on any atom is -0.494 e. The van der Waals surface area contributed by atoms with E-state index < -0.39 is 5.97 Å². The lowest BCUT2D eigenvalue weighted by Crippen LogP contribution is -1.95. The van der Waals surface area contributed by atoms with Gasteiger partial charge in [-0.3, -0.25) is 5.10 Å². The lowest BCUT2D eigenvalue weighted by Gasteiger charge is -2.10. The fourth-order valence-electron chi connectivity index (χ4n) is 1.64. The van der Waals surface area contributed by atoms with E-state index in [1.807, 2.05) is 12.3 Å². The van der Waals surface area contributed by atoms with Crippen LogP contribution in [0.3, 0.4) is 0 Å². The molecule has 1 aromatic heterocycles. The lowest BCUT2D eigenvalue weighted by atomic mass is 10.1. The molecular weight excluding hydrogens is 288 g/mol. The van der Waals surface area contributed by atoms with E-state index in [1.54, 1.807) is 13.2 Å². The Labute approximate surface area is 118 Å². The fourth-order valence-corrected chi connectivity index (χ4v) is 2.62. The van der Waals surface area contributed by atoms with E-state index in [1.165, 1.54) is 17.8 Å². The van der Waals surface area contributed by atoms with E-state index in [0.29, 0.717) is 16.5 Å². The van der Waals surface area contributed by atoms with Crippen molar-refractivity contribution in [1.29, 1.82) is 0 Å². The van der Waals surface area contributed by atoms with E-state index in [9.17, 15) is 4.79 Å². The number of rotatable bonds is 4. The van der Waals surface area contributed by atoms with Crippen molar-refractivity contribution < 1.29 is 14.6 Å². The molecule has 0 spiro atoms. The maximum absolute atomic E-state index is 10.8. The highest BCUT2D eigenvalue weighted by Crippen LogP contribution is 2.38. The molecule has 100 valence electrons. The molecule has 0 aliphatic heterocycles. The van der Waals surface area contributed by atoms with Gasteiger partial charge in [0.15, 0.2) is 5.75 Å². The van der Waals surface area contributed by atoms with Crippen molar-refractivity contribution in [3.63, 3.8) is 0 Å². The molecule has 19 heavy (non-hydrogen) atoms. The summed E-state index contributed by atoms with van der Waals surface area (Å²) < 4.78 is 5.23. The molecule has 0 saturated heterocycles. The maximum atomic E-state index is 10.8. The molecule has 2 rings (SSSR count). The van der Waals surface area contributed by atoms with Gasteiger partial charge in [-0.1, -0.05) is 11.6 Å². The number of aromatic amines is 1. The SMILES string of the molecule is COc1c(Cl)cc(-c2cc(C(=O)O)[nH]n2)cc1SC. The first kappa shape index (κ1) is 13.8. The summed E-state index contributed by atoms with van der Waals surface area (Å²) in [5.41, 5.74) is 1.30. The molecule has 0 unspecified atom stereocenters. The van der Waals surface area contributed by atoms with Crippen LogP contribution >= 0.6 is 23.4 Å². The number of nitrogens with one attached hydrogen (secondary N) is 1. The highest BCUT2D eigenvalue weighted by molar-refractivity contribution is 7.98. The number of carboxylic acid groups (broad SMARTS) is 1. The quantitative estimate of drug-likeness (QED) is 0.848. The smallest absolute Gasteiger partial charge is 0.353 e. The molecule has 0 amide bonds. The Balaban J connectivity index is 2.50. The number of carboxylic acids is 1. The van der Waals surface area contributed by atoms with Gasteiger partial charge < -0.3 is 9.84 Å². The van der Waals surface area contributed by atoms with E-state index in [-0.39, 0.29) is 5.69 Å². The second kappa shape index (κ2) is 5.54. The van der Waals surface area contributed by atoms with Crippen LogP contribution in [-0.2, 0) is 0 Å². The van der Waals surface area contributed by atoms with Crippen molar-refractivity contribution in [3.8, 4) is 17.0 Å². The van der Waals surface area contributed by atoms with Gasteiger partial charge in [0.25, 0.3) is 0 Å². The molecular formula is C12H11ClN2O3S. The molecule has 0 saturated carbocycles. The van der Waals surface area contributed by atoms with Gasteiger partial charge in [-0.05, 0) is 24.5 Å². The number of hydrogen-bond donors (Lipinski definition) is 2. The predicted octanol–water partition coefficient (Wildman–Crippen LogP) is 3.16. The van der Waals surface area contributed by atoms with Gasteiger partial charge in [-0.2, -0.15) is 5.10 Å². The lowest BCUT2D eigenvalue weighted by molar-refractivity contribution is 0.0690. The van der Waals surface area contributed by atoms with Gasteiger partial charge in [0.1, 0.15) is 5.69 Å². The zero-order valence-electron chi connectivity index (χ0n) is 10.2. The monoisotopic (exact) mass is 298 g/mol.